The minimum Gasteiger partial charge on any atom is -0.393 e. The van der Waals surface area contributed by atoms with Crippen molar-refractivity contribution in [2.75, 3.05) is 0 Å². The van der Waals surface area contributed by atoms with Gasteiger partial charge >= 0.3 is 0 Å². The van der Waals surface area contributed by atoms with Crippen molar-refractivity contribution in [2.24, 2.45) is 5.41 Å². The van der Waals surface area contributed by atoms with Gasteiger partial charge in [0.05, 0.1) is 6.10 Å². The maximum absolute atomic E-state index is 10.1. The molecule has 0 aliphatic rings. The summed E-state index contributed by atoms with van der Waals surface area (Å²) in [6, 6.07) is 0. The van der Waals surface area contributed by atoms with Gasteiger partial charge in [-0.3, -0.25) is 0 Å². The van der Waals surface area contributed by atoms with Crippen LogP contribution in [-0.4, -0.2) is 11.2 Å². The summed E-state index contributed by atoms with van der Waals surface area (Å²) in [5, 5.41) is 10.1. The van der Waals surface area contributed by atoms with Crippen LogP contribution in [0.2, 0.25) is 0 Å². The number of unbranched alkanes of at least 4 members (excludes halogenated alkanes) is 14. The first-order chi connectivity index (χ1) is 13.0. The summed E-state index contributed by atoms with van der Waals surface area (Å²) < 4.78 is 0. The first kappa shape index (κ1) is 27.0. The largest absolute Gasteiger partial charge is 0.393 e. The van der Waals surface area contributed by atoms with Crippen LogP contribution in [-0.2, 0) is 0 Å². The molecule has 0 heterocycles. The third-order valence-corrected chi connectivity index (χ3v) is 6.25. The predicted octanol–water partition coefficient (Wildman–Crippen LogP) is 9.22. The molecule has 1 nitrogen and oxygen atoms in total. The van der Waals surface area contributed by atoms with Crippen molar-refractivity contribution >= 4 is 0 Å². The van der Waals surface area contributed by atoms with Gasteiger partial charge in [0.15, 0.2) is 0 Å². The third-order valence-electron chi connectivity index (χ3n) is 6.25. The second-order valence-electron chi connectivity index (χ2n) is 9.85. The van der Waals surface area contributed by atoms with Gasteiger partial charge < -0.3 is 5.11 Å². The Hall–Kier alpha value is -0.0400. The minimum absolute atomic E-state index is 0.0672. The average molecular weight is 383 g/mol. The van der Waals surface area contributed by atoms with Gasteiger partial charge in [0.2, 0.25) is 0 Å². The van der Waals surface area contributed by atoms with Gasteiger partial charge in [0, 0.05) is 0 Å². The maximum Gasteiger partial charge on any atom is 0.0540 e. The van der Waals surface area contributed by atoms with Crippen molar-refractivity contribution in [3.05, 3.63) is 0 Å². The molecule has 0 fully saturated rings. The maximum atomic E-state index is 10.1. The first-order valence-electron chi connectivity index (χ1n) is 12.7. The van der Waals surface area contributed by atoms with E-state index < -0.39 is 0 Å². The smallest absolute Gasteiger partial charge is 0.0540 e. The van der Waals surface area contributed by atoms with E-state index in [1.807, 2.05) is 0 Å². The van der Waals surface area contributed by atoms with Gasteiger partial charge in [-0.05, 0) is 31.1 Å². The fourth-order valence-corrected chi connectivity index (χ4v) is 4.08. The molecule has 0 saturated carbocycles. The van der Waals surface area contributed by atoms with E-state index in [0.717, 1.165) is 12.8 Å². The van der Waals surface area contributed by atoms with Crippen LogP contribution in [0, 0.1) is 5.41 Å². The normalized spacial score (nSPS) is 13.2. The molecule has 0 aromatic rings. The number of hydrogen-bond donors (Lipinski definition) is 1. The average Bonchev–Trinajstić information content (AvgIpc) is 2.64. The highest BCUT2D eigenvalue weighted by molar-refractivity contribution is 4.71. The van der Waals surface area contributed by atoms with E-state index in [2.05, 4.69) is 27.7 Å². The molecule has 0 amide bonds. The van der Waals surface area contributed by atoms with Gasteiger partial charge in [0.1, 0.15) is 0 Å². The summed E-state index contributed by atoms with van der Waals surface area (Å²) in [6.45, 7) is 9.31. The molecule has 0 rings (SSSR count). The fraction of sp³-hybridized carbons (Fsp3) is 1.00. The van der Waals surface area contributed by atoms with Gasteiger partial charge in [-0.25, -0.2) is 0 Å². The van der Waals surface area contributed by atoms with Crippen LogP contribution in [0.5, 0.6) is 0 Å². The molecule has 27 heavy (non-hydrogen) atoms. The number of aliphatic hydroxyl groups excluding tert-OH is 1. The zero-order valence-corrected chi connectivity index (χ0v) is 19.7. The fourth-order valence-electron chi connectivity index (χ4n) is 4.08. The van der Waals surface area contributed by atoms with Gasteiger partial charge in [-0.15, -0.1) is 0 Å². The van der Waals surface area contributed by atoms with E-state index in [0.29, 0.717) is 5.41 Å². The first-order valence-corrected chi connectivity index (χ1v) is 12.7. The van der Waals surface area contributed by atoms with Crippen LogP contribution < -0.4 is 0 Å². The Morgan fingerprint density at radius 3 is 1.41 bits per heavy atom. The molecule has 0 saturated heterocycles. The van der Waals surface area contributed by atoms with E-state index in [1.165, 1.54) is 116 Å². The van der Waals surface area contributed by atoms with Gasteiger partial charge in [0.25, 0.3) is 0 Å². The van der Waals surface area contributed by atoms with Crippen LogP contribution in [0.1, 0.15) is 156 Å². The van der Waals surface area contributed by atoms with Crippen molar-refractivity contribution in [2.45, 2.75) is 162 Å². The molecule has 0 aromatic heterocycles. The van der Waals surface area contributed by atoms with Crippen LogP contribution in [0.4, 0.5) is 0 Å². The highest BCUT2D eigenvalue weighted by Crippen LogP contribution is 2.30. The van der Waals surface area contributed by atoms with E-state index in [9.17, 15) is 5.11 Å². The highest BCUT2D eigenvalue weighted by Gasteiger charge is 2.18. The summed E-state index contributed by atoms with van der Waals surface area (Å²) in [6.07, 6.45) is 26.7. The molecule has 1 N–H and O–H groups in total. The lowest BCUT2D eigenvalue weighted by Gasteiger charge is -2.26. The quantitative estimate of drug-likeness (QED) is 0.196. The molecular weight excluding hydrogens is 328 g/mol. The van der Waals surface area contributed by atoms with Crippen molar-refractivity contribution in [1.82, 2.24) is 0 Å². The number of hydrogen-bond acceptors (Lipinski definition) is 1. The molecule has 1 atom stereocenters. The summed E-state index contributed by atoms with van der Waals surface area (Å²) in [7, 11) is 0. The molecular formula is C26H54O. The minimum atomic E-state index is -0.0672. The van der Waals surface area contributed by atoms with E-state index in [-0.39, 0.29) is 6.10 Å². The number of rotatable bonds is 21. The Balaban J connectivity index is 3.39. The lowest BCUT2D eigenvalue weighted by molar-refractivity contribution is 0.127. The number of aliphatic hydroxyl groups is 1. The predicted molar refractivity (Wildman–Crippen MR) is 123 cm³/mol. The van der Waals surface area contributed by atoms with Crippen molar-refractivity contribution in [1.29, 1.82) is 0 Å². The molecule has 0 aliphatic carbocycles. The van der Waals surface area contributed by atoms with Gasteiger partial charge in [-0.2, -0.15) is 0 Å². The topological polar surface area (TPSA) is 20.2 Å². The van der Waals surface area contributed by atoms with Crippen LogP contribution in [0.25, 0.3) is 0 Å². The van der Waals surface area contributed by atoms with E-state index >= 15 is 0 Å². The second kappa shape index (κ2) is 19.3. The highest BCUT2D eigenvalue weighted by atomic mass is 16.3. The Morgan fingerprint density at radius 2 is 0.926 bits per heavy atom. The zero-order valence-electron chi connectivity index (χ0n) is 19.7. The van der Waals surface area contributed by atoms with Crippen molar-refractivity contribution < 1.29 is 5.11 Å². The molecule has 0 aliphatic heterocycles. The summed E-state index contributed by atoms with van der Waals surface area (Å²) in [5.74, 6) is 0. The third kappa shape index (κ3) is 20.5. The summed E-state index contributed by atoms with van der Waals surface area (Å²) in [5.41, 5.74) is 0.406. The monoisotopic (exact) mass is 382 g/mol. The van der Waals surface area contributed by atoms with Gasteiger partial charge in [-0.1, -0.05) is 130 Å². The van der Waals surface area contributed by atoms with Crippen molar-refractivity contribution in [3.63, 3.8) is 0 Å². The second-order valence-corrected chi connectivity index (χ2v) is 9.85. The lowest BCUT2D eigenvalue weighted by Crippen LogP contribution is -2.16. The summed E-state index contributed by atoms with van der Waals surface area (Å²) >= 11 is 0. The molecule has 0 aromatic carbocycles. The molecule has 0 bridgehead atoms. The Morgan fingerprint density at radius 1 is 0.519 bits per heavy atom. The SMILES string of the molecule is CCCCCCCCCCCCCCCC(C)(C)CCC(O)CCCCC. The Labute approximate surface area is 173 Å². The van der Waals surface area contributed by atoms with E-state index in [1.54, 1.807) is 0 Å². The molecule has 164 valence electrons. The standard InChI is InChI=1S/C26H54O/c1-5-7-9-10-11-12-13-14-15-16-17-18-20-23-26(3,4)24-22-25(27)21-19-8-6-2/h25,27H,5-24H2,1-4H3. The Bertz CT molecular complexity index is 284. The van der Waals surface area contributed by atoms with Crippen LogP contribution in [0.3, 0.4) is 0 Å². The lowest BCUT2D eigenvalue weighted by atomic mass is 9.81. The molecule has 1 heteroatoms. The van der Waals surface area contributed by atoms with E-state index in [4.69, 9.17) is 0 Å². The molecule has 1 unspecified atom stereocenters. The van der Waals surface area contributed by atoms with Crippen LogP contribution in [0.15, 0.2) is 0 Å². The molecule has 0 radical (unpaired) electrons. The van der Waals surface area contributed by atoms with Crippen LogP contribution >= 0.6 is 0 Å². The Kier molecular flexibility index (Phi) is 19.3. The zero-order chi connectivity index (χ0) is 20.2. The summed E-state index contributed by atoms with van der Waals surface area (Å²) in [4.78, 5) is 0. The van der Waals surface area contributed by atoms with Crippen molar-refractivity contribution in [3.8, 4) is 0 Å². The molecule has 0 spiro atoms.